The number of imidazole rings is 1. The predicted molar refractivity (Wildman–Crippen MR) is 106 cm³/mol. The van der Waals surface area contributed by atoms with Crippen LogP contribution in [0.25, 0.3) is 0 Å². The van der Waals surface area contributed by atoms with Crippen molar-refractivity contribution in [3.8, 4) is 0 Å². The van der Waals surface area contributed by atoms with E-state index in [0.29, 0.717) is 18.8 Å². The van der Waals surface area contributed by atoms with Crippen LogP contribution in [0, 0.1) is 12.8 Å². The van der Waals surface area contributed by atoms with Crippen molar-refractivity contribution in [2.24, 2.45) is 5.92 Å². The second-order valence-corrected chi connectivity index (χ2v) is 8.60. The first-order valence-corrected chi connectivity index (χ1v) is 10.7. The number of rotatable bonds is 3. The molecule has 1 aliphatic carbocycles. The van der Waals surface area contributed by atoms with Crippen molar-refractivity contribution >= 4 is 11.8 Å². The minimum absolute atomic E-state index is 0.0218. The van der Waals surface area contributed by atoms with Crippen molar-refractivity contribution < 1.29 is 9.59 Å². The van der Waals surface area contributed by atoms with Crippen LogP contribution in [0.2, 0.25) is 0 Å². The molecule has 8 heteroatoms. The van der Waals surface area contributed by atoms with Crippen molar-refractivity contribution in [3.63, 3.8) is 0 Å². The van der Waals surface area contributed by atoms with Crippen LogP contribution >= 0.6 is 0 Å². The molecule has 0 radical (unpaired) electrons. The van der Waals surface area contributed by atoms with Gasteiger partial charge in [0, 0.05) is 48.9 Å². The molecule has 4 heterocycles. The van der Waals surface area contributed by atoms with E-state index in [4.69, 9.17) is 0 Å². The molecule has 0 bridgehead atoms. The Morgan fingerprint density at radius 3 is 2.66 bits per heavy atom. The van der Waals surface area contributed by atoms with Crippen LogP contribution in [0.15, 0.2) is 6.33 Å². The summed E-state index contributed by atoms with van der Waals surface area (Å²) >= 11 is 0. The molecular weight excluding hydrogens is 368 g/mol. The van der Waals surface area contributed by atoms with E-state index in [9.17, 15) is 9.59 Å². The molecule has 5 rings (SSSR count). The highest BCUT2D eigenvalue weighted by atomic mass is 16.2. The number of H-pyrrole nitrogens is 2. The van der Waals surface area contributed by atoms with Gasteiger partial charge in [0.1, 0.15) is 0 Å². The summed E-state index contributed by atoms with van der Waals surface area (Å²) in [6, 6.07) is 0. The number of nitrogens with zero attached hydrogens (tertiary/aromatic N) is 4. The van der Waals surface area contributed by atoms with Gasteiger partial charge in [0.25, 0.3) is 5.91 Å². The third kappa shape index (κ3) is 2.80. The normalized spacial score (nSPS) is 20.8. The van der Waals surface area contributed by atoms with E-state index >= 15 is 0 Å². The first-order valence-electron chi connectivity index (χ1n) is 10.7. The summed E-state index contributed by atoms with van der Waals surface area (Å²) in [5, 5.41) is 7.26. The number of carbonyl (C=O) groups excluding carboxylic acids is 2. The van der Waals surface area contributed by atoms with Gasteiger partial charge in [-0.05, 0) is 39.0 Å². The fourth-order valence-electron chi connectivity index (χ4n) is 5.07. The quantitative estimate of drug-likeness (QED) is 0.828. The topological polar surface area (TPSA) is 98.0 Å². The third-order valence-corrected chi connectivity index (χ3v) is 7.00. The smallest absolute Gasteiger partial charge is 0.274 e. The summed E-state index contributed by atoms with van der Waals surface area (Å²) in [6.07, 6.45) is 6.84. The van der Waals surface area contributed by atoms with Crippen LogP contribution in [0.4, 0.5) is 0 Å². The molecule has 1 saturated heterocycles. The van der Waals surface area contributed by atoms with Gasteiger partial charge in [-0.15, -0.1) is 0 Å². The lowest BCUT2D eigenvalue weighted by Crippen LogP contribution is -2.59. The van der Waals surface area contributed by atoms with Gasteiger partial charge in [-0.2, -0.15) is 5.10 Å². The number of likely N-dealkylation sites (tertiary alicyclic amines) is 1. The maximum atomic E-state index is 13.1. The molecule has 2 aromatic heterocycles. The van der Waals surface area contributed by atoms with Crippen LogP contribution in [0.5, 0.6) is 0 Å². The Kier molecular flexibility index (Phi) is 4.26. The Morgan fingerprint density at radius 2 is 2.00 bits per heavy atom. The zero-order chi connectivity index (χ0) is 20.2. The molecule has 2 aromatic rings. The summed E-state index contributed by atoms with van der Waals surface area (Å²) in [5.41, 5.74) is 4.23. The maximum Gasteiger partial charge on any atom is 0.274 e. The number of hydrogen-bond acceptors (Lipinski definition) is 4. The molecule has 2 N–H and O–H groups in total. The minimum atomic E-state index is -0.390. The van der Waals surface area contributed by atoms with Crippen LogP contribution in [-0.2, 0) is 23.2 Å². The lowest BCUT2D eigenvalue weighted by atomic mass is 9.78. The van der Waals surface area contributed by atoms with Gasteiger partial charge in [0.05, 0.1) is 17.6 Å². The van der Waals surface area contributed by atoms with Gasteiger partial charge in [0.15, 0.2) is 5.69 Å². The molecule has 3 aliphatic rings. The van der Waals surface area contributed by atoms with Gasteiger partial charge < -0.3 is 14.8 Å². The molecule has 2 aliphatic heterocycles. The Labute approximate surface area is 170 Å². The lowest BCUT2D eigenvalue weighted by Gasteiger charge is -2.50. The van der Waals surface area contributed by atoms with Gasteiger partial charge in [0.2, 0.25) is 5.91 Å². The van der Waals surface area contributed by atoms with E-state index in [1.54, 1.807) is 6.33 Å². The molecule has 2 amide bonds. The standard InChI is InChI=1S/C21H28N6O2/c1-3-15-13(2)17(25-24-15)20(29)26-10-7-21(8-11-26)18-16(22-12-23-18)6-9-27(21)19(28)14-4-5-14/h12,14H,3-11H2,1-2H3,(H,22,23)(H,24,25). The second-order valence-electron chi connectivity index (χ2n) is 8.60. The van der Waals surface area contributed by atoms with Gasteiger partial charge in [-0.1, -0.05) is 6.92 Å². The first-order chi connectivity index (χ1) is 14.0. The van der Waals surface area contributed by atoms with Crippen LogP contribution in [0.1, 0.15) is 65.7 Å². The van der Waals surface area contributed by atoms with E-state index in [-0.39, 0.29) is 23.3 Å². The SMILES string of the molecule is CCc1[nH]nc(C(=O)N2CCC3(CC2)c2nc[nH]c2CCN3C(=O)C2CC2)c1C. The van der Waals surface area contributed by atoms with Crippen molar-refractivity contribution in [1.82, 2.24) is 30.0 Å². The average Bonchev–Trinajstić information content (AvgIpc) is 3.35. The zero-order valence-electron chi connectivity index (χ0n) is 17.1. The highest BCUT2D eigenvalue weighted by Crippen LogP contribution is 2.45. The molecule has 1 spiro atoms. The third-order valence-electron chi connectivity index (χ3n) is 7.00. The zero-order valence-corrected chi connectivity index (χ0v) is 17.1. The van der Waals surface area contributed by atoms with Crippen LogP contribution in [-0.4, -0.2) is 61.4 Å². The summed E-state index contributed by atoms with van der Waals surface area (Å²) in [6.45, 7) is 5.95. The number of carbonyl (C=O) groups is 2. The molecule has 1 saturated carbocycles. The molecule has 154 valence electrons. The molecule has 29 heavy (non-hydrogen) atoms. The summed E-state index contributed by atoms with van der Waals surface area (Å²) in [7, 11) is 0. The molecule has 0 atom stereocenters. The van der Waals surface area contributed by atoms with E-state index in [0.717, 1.165) is 67.7 Å². The second kappa shape index (κ2) is 6.71. The largest absolute Gasteiger partial charge is 0.348 e. The molecule has 8 nitrogen and oxygen atoms in total. The number of piperidine rings is 1. The highest BCUT2D eigenvalue weighted by Gasteiger charge is 2.51. The van der Waals surface area contributed by atoms with E-state index < -0.39 is 0 Å². The summed E-state index contributed by atoms with van der Waals surface area (Å²) < 4.78 is 0. The van der Waals surface area contributed by atoms with Crippen molar-refractivity contribution in [2.45, 2.75) is 57.9 Å². The highest BCUT2D eigenvalue weighted by molar-refractivity contribution is 5.94. The minimum Gasteiger partial charge on any atom is -0.348 e. The average molecular weight is 396 g/mol. The fraction of sp³-hybridized carbons (Fsp3) is 0.619. The first kappa shape index (κ1) is 18.4. The van der Waals surface area contributed by atoms with Gasteiger partial charge >= 0.3 is 0 Å². The van der Waals surface area contributed by atoms with Crippen LogP contribution < -0.4 is 0 Å². The maximum absolute atomic E-state index is 13.1. The Balaban J connectivity index is 1.40. The Hall–Kier alpha value is -2.64. The van der Waals surface area contributed by atoms with Gasteiger partial charge in [-0.3, -0.25) is 14.7 Å². The lowest BCUT2D eigenvalue weighted by molar-refractivity contribution is -0.143. The number of aryl methyl sites for hydroxylation is 1. The molecule has 2 fully saturated rings. The van der Waals surface area contributed by atoms with Gasteiger partial charge in [-0.25, -0.2) is 4.98 Å². The number of nitrogens with one attached hydrogen (secondary N) is 2. The molecule has 0 unspecified atom stereocenters. The van der Waals surface area contributed by atoms with Crippen LogP contribution in [0.3, 0.4) is 0 Å². The predicted octanol–water partition coefficient (Wildman–Crippen LogP) is 1.93. The number of fused-ring (bicyclic) bond motifs is 2. The molecular formula is C21H28N6O2. The summed E-state index contributed by atoms with van der Waals surface area (Å²) in [5.74, 6) is 0.437. The van der Waals surface area contributed by atoms with Crippen molar-refractivity contribution in [3.05, 3.63) is 34.7 Å². The summed E-state index contributed by atoms with van der Waals surface area (Å²) in [4.78, 5) is 38.0. The van der Waals surface area contributed by atoms with Crippen molar-refractivity contribution in [2.75, 3.05) is 19.6 Å². The van der Waals surface area contributed by atoms with E-state index in [2.05, 4.69) is 32.0 Å². The number of aromatic nitrogens is 4. The Bertz CT molecular complexity index is 948. The number of hydrogen-bond donors (Lipinski definition) is 2. The van der Waals surface area contributed by atoms with E-state index in [1.807, 2.05) is 11.8 Å². The van der Waals surface area contributed by atoms with Crippen molar-refractivity contribution in [1.29, 1.82) is 0 Å². The molecule has 0 aromatic carbocycles. The number of aromatic amines is 2. The number of amides is 2. The monoisotopic (exact) mass is 396 g/mol. The fourth-order valence-corrected chi connectivity index (χ4v) is 5.07. The van der Waals surface area contributed by atoms with E-state index in [1.165, 1.54) is 0 Å². The Morgan fingerprint density at radius 1 is 1.24 bits per heavy atom.